The number of nitriles is 1. The number of anilines is 1. The van der Waals surface area contributed by atoms with Crippen LogP contribution in [-0.2, 0) is 0 Å². The van der Waals surface area contributed by atoms with E-state index in [1.54, 1.807) is 12.1 Å². The van der Waals surface area contributed by atoms with E-state index < -0.39 is 17.2 Å². The Kier molecular flexibility index (Phi) is 5.54. The third-order valence-corrected chi connectivity index (χ3v) is 6.74. The molecule has 0 bridgehead atoms. The number of rotatable bonds is 4. The van der Waals surface area contributed by atoms with Gasteiger partial charge in [-0.2, -0.15) is 5.26 Å². The Balaban J connectivity index is 1.65. The molecule has 0 saturated carbocycles. The molecule has 2 aliphatic heterocycles. The van der Waals surface area contributed by atoms with E-state index in [2.05, 4.69) is 10.2 Å². The summed E-state index contributed by atoms with van der Waals surface area (Å²) in [5.74, 6) is -0.646. The summed E-state index contributed by atoms with van der Waals surface area (Å²) in [6.45, 7) is 3.44. The van der Waals surface area contributed by atoms with Gasteiger partial charge in [-0.25, -0.2) is 13.8 Å². The summed E-state index contributed by atoms with van der Waals surface area (Å²) in [6.07, 6.45) is 2.06. The predicted octanol–water partition coefficient (Wildman–Crippen LogP) is 3.25. The van der Waals surface area contributed by atoms with E-state index in [1.165, 1.54) is 48.1 Å². The van der Waals surface area contributed by atoms with Gasteiger partial charge in [-0.15, -0.1) is 0 Å². The Bertz CT molecular complexity index is 1360. The van der Waals surface area contributed by atoms with Crippen LogP contribution < -0.4 is 20.5 Å². The maximum atomic E-state index is 14.5. The van der Waals surface area contributed by atoms with E-state index >= 15 is 0 Å². The van der Waals surface area contributed by atoms with Crippen LogP contribution >= 0.6 is 0 Å². The van der Waals surface area contributed by atoms with E-state index in [0.717, 1.165) is 39.0 Å². The normalized spacial score (nSPS) is 19.5. The van der Waals surface area contributed by atoms with Gasteiger partial charge < -0.3 is 15.0 Å². The van der Waals surface area contributed by atoms with E-state index in [9.17, 15) is 13.6 Å². The monoisotopic (exact) mass is 463 g/mol. The second kappa shape index (κ2) is 8.54. The molecule has 0 amide bonds. The zero-order chi connectivity index (χ0) is 23.9. The Morgan fingerprint density at radius 1 is 1.15 bits per heavy atom. The first-order chi connectivity index (χ1) is 16.4. The summed E-state index contributed by atoms with van der Waals surface area (Å²) in [6, 6.07) is 11.4. The van der Waals surface area contributed by atoms with Crippen molar-refractivity contribution in [3.63, 3.8) is 0 Å². The summed E-state index contributed by atoms with van der Waals surface area (Å²) in [7, 11) is 1.36. The van der Waals surface area contributed by atoms with Crippen LogP contribution in [0.1, 0.15) is 18.4 Å². The molecule has 3 aromatic rings. The molecule has 2 aliphatic rings. The summed E-state index contributed by atoms with van der Waals surface area (Å²) in [5.41, 5.74) is 0.179. The molecule has 34 heavy (non-hydrogen) atoms. The molecule has 9 heteroatoms. The number of methoxy groups -OCH3 is 1. The van der Waals surface area contributed by atoms with Crippen molar-refractivity contribution in [2.24, 2.45) is 5.41 Å². The van der Waals surface area contributed by atoms with Gasteiger partial charge in [-0.3, -0.25) is 9.36 Å². The lowest BCUT2D eigenvalue weighted by molar-refractivity contribution is 0.369. The SMILES string of the molecule is COc1ccc(-n2c(-c3ccc(C#N)c(F)c3)nc(N3CCC4(CCNC4)C3)cc2=O)cc1F. The molecule has 2 saturated heterocycles. The van der Waals surface area contributed by atoms with Gasteiger partial charge in [0.2, 0.25) is 0 Å². The minimum absolute atomic E-state index is 0.0416. The maximum absolute atomic E-state index is 14.5. The molecule has 1 spiro atoms. The second-order valence-electron chi connectivity index (χ2n) is 8.84. The van der Waals surface area contributed by atoms with Crippen LogP contribution in [-0.4, -0.2) is 42.8 Å². The molecular weight excluding hydrogens is 440 g/mol. The highest BCUT2D eigenvalue weighted by Gasteiger charge is 2.41. The number of aromatic nitrogens is 2. The number of hydrogen-bond donors (Lipinski definition) is 1. The van der Waals surface area contributed by atoms with Crippen LogP contribution in [0.4, 0.5) is 14.6 Å². The Labute approximate surface area is 195 Å². The largest absolute Gasteiger partial charge is 0.494 e. The van der Waals surface area contributed by atoms with Crippen molar-refractivity contribution in [3.8, 4) is 28.9 Å². The lowest BCUT2D eigenvalue weighted by Crippen LogP contribution is -2.31. The van der Waals surface area contributed by atoms with Crippen molar-refractivity contribution in [1.29, 1.82) is 5.26 Å². The molecule has 174 valence electrons. The minimum atomic E-state index is -0.718. The van der Waals surface area contributed by atoms with Crippen molar-refractivity contribution < 1.29 is 13.5 Å². The standard InChI is InChI=1S/C25H23F2N5O2/c1-34-21-5-4-18(11-20(21)27)32-23(33)12-22(31-9-7-25(15-31)6-8-29-14-25)30-24(32)16-2-3-17(13-28)19(26)10-16/h2-5,10-12,29H,6-9,14-15H2,1H3. The van der Waals surface area contributed by atoms with Crippen LogP contribution in [0.3, 0.4) is 0 Å². The van der Waals surface area contributed by atoms with Gasteiger partial charge in [0.15, 0.2) is 11.6 Å². The highest BCUT2D eigenvalue weighted by atomic mass is 19.1. The van der Waals surface area contributed by atoms with Crippen molar-refractivity contribution in [2.75, 3.05) is 38.2 Å². The lowest BCUT2D eigenvalue weighted by atomic mass is 9.87. The highest BCUT2D eigenvalue weighted by molar-refractivity contribution is 5.63. The van der Waals surface area contributed by atoms with Gasteiger partial charge in [0.25, 0.3) is 5.56 Å². The summed E-state index contributed by atoms with van der Waals surface area (Å²) >= 11 is 0. The average Bonchev–Trinajstić information content (AvgIpc) is 3.48. The first kappa shape index (κ1) is 22.0. The number of ether oxygens (including phenoxy) is 1. The number of hydrogen-bond acceptors (Lipinski definition) is 6. The first-order valence-electron chi connectivity index (χ1n) is 11.1. The van der Waals surface area contributed by atoms with Crippen molar-refractivity contribution >= 4 is 5.82 Å². The Morgan fingerprint density at radius 3 is 2.68 bits per heavy atom. The van der Waals surface area contributed by atoms with Crippen LogP contribution in [0.2, 0.25) is 0 Å². The number of nitrogens with one attached hydrogen (secondary N) is 1. The van der Waals surface area contributed by atoms with Crippen molar-refractivity contribution in [2.45, 2.75) is 12.8 Å². The van der Waals surface area contributed by atoms with Crippen LogP contribution in [0.5, 0.6) is 5.75 Å². The Morgan fingerprint density at radius 2 is 2.00 bits per heavy atom. The number of benzene rings is 2. The topological polar surface area (TPSA) is 83.2 Å². The molecule has 5 rings (SSSR count). The molecule has 1 unspecified atom stereocenters. The van der Waals surface area contributed by atoms with Crippen molar-refractivity contribution in [3.05, 3.63) is 70.0 Å². The molecule has 1 aromatic heterocycles. The average molecular weight is 463 g/mol. The summed E-state index contributed by atoms with van der Waals surface area (Å²) in [5, 5.41) is 12.5. The Hall–Kier alpha value is -3.77. The van der Waals surface area contributed by atoms with Crippen molar-refractivity contribution in [1.82, 2.24) is 14.9 Å². The molecule has 1 atom stereocenters. The molecule has 7 nitrogen and oxygen atoms in total. The molecular formula is C25H23F2N5O2. The minimum Gasteiger partial charge on any atom is -0.494 e. The molecule has 1 N–H and O–H groups in total. The fraction of sp³-hybridized carbons (Fsp3) is 0.320. The van der Waals surface area contributed by atoms with E-state index in [0.29, 0.717) is 11.4 Å². The van der Waals surface area contributed by atoms with Gasteiger partial charge in [0, 0.05) is 42.7 Å². The predicted molar refractivity (Wildman–Crippen MR) is 123 cm³/mol. The summed E-state index contributed by atoms with van der Waals surface area (Å²) < 4.78 is 35.2. The van der Waals surface area contributed by atoms with Gasteiger partial charge in [-0.1, -0.05) is 0 Å². The molecule has 0 radical (unpaired) electrons. The first-order valence-corrected chi connectivity index (χ1v) is 11.1. The summed E-state index contributed by atoms with van der Waals surface area (Å²) in [4.78, 5) is 20.2. The fourth-order valence-electron chi connectivity index (χ4n) is 4.89. The maximum Gasteiger partial charge on any atom is 0.260 e. The van der Waals surface area contributed by atoms with Gasteiger partial charge in [0.1, 0.15) is 23.5 Å². The smallest absolute Gasteiger partial charge is 0.260 e. The quantitative estimate of drug-likeness (QED) is 0.640. The zero-order valence-electron chi connectivity index (χ0n) is 18.6. The third kappa shape index (κ3) is 3.80. The lowest BCUT2D eigenvalue weighted by Gasteiger charge is -2.24. The van der Waals surface area contributed by atoms with E-state index in [-0.39, 0.29) is 28.2 Å². The third-order valence-electron chi connectivity index (χ3n) is 6.74. The second-order valence-corrected chi connectivity index (χ2v) is 8.84. The van der Waals surface area contributed by atoms with Crippen LogP contribution in [0, 0.1) is 28.4 Å². The zero-order valence-corrected chi connectivity index (χ0v) is 18.6. The fourth-order valence-corrected chi connectivity index (χ4v) is 4.89. The van der Waals surface area contributed by atoms with E-state index in [1.807, 2.05) is 0 Å². The van der Waals surface area contributed by atoms with Crippen LogP contribution in [0.15, 0.2) is 47.3 Å². The molecule has 2 aromatic carbocycles. The van der Waals surface area contributed by atoms with Gasteiger partial charge in [-0.05, 0) is 49.7 Å². The number of halogens is 2. The van der Waals surface area contributed by atoms with E-state index in [4.69, 9.17) is 15.0 Å². The number of nitrogens with zero attached hydrogens (tertiary/aromatic N) is 4. The molecule has 0 aliphatic carbocycles. The molecule has 2 fully saturated rings. The molecule has 3 heterocycles. The van der Waals surface area contributed by atoms with Gasteiger partial charge >= 0.3 is 0 Å². The van der Waals surface area contributed by atoms with Gasteiger partial charge in [0.05, 0.1) is 18.4 Å². The highest BCUT2D eigenvalue weighted by Crippen LogP contribution is 2.38. The van der Waals surface area contributed by atoms with Crippen LogP contribution in [0.25, 0.3) is 17.1 Å².